The highest BCUT2D eigenvalue weighted by Gasteiger charge is 2.57. The molecule has 2 bridgehead atoms. The Morgan fingerprint density at radius 1 is 1.12 bits per heavy atom. The van der Waals surface area contributed by atoms with Crippen molar-refractivity contribution in [2.45, 2.75) is 96.2 Å². The van der Waals surface area contributed by atoms with Crippen LogP contribution in [0.5, 0.6) is 5.75 Å². The molecule has 4 N–H and O–H groups in total. The zero-order chi connectivity index (χ0) is 40.5. The number of aromatic nitrogens is 1. The van der Waals surface area contributed by atoms with Gasteiger partial charge in [0.25, 0.3) is 5.91 Å². The number of methoxy groups -OCH3 is 1. The number of fused-ring (bicyclic) bond motifs is 2. The number of aliphatic hydroxyl groups is 2. The first-order chi connectivity index (χ1) is 26.6. The maximum Gasteiger partial charge on any atom is 0.251 e. The lowest BCUT2D eigenvalue weighted by molar-refractivity contribution is -0.183. The number of carbonyl (C=O) groups is 2. The Balaban J connectivity index is 1.26. The number of aliphatic hydroxyl groups excluding tert-OH is 2. The summed E-state index contributed by atoms with van der Waals surface area (Å²) in [6.45, 7) is 9.09. The van der Waals surface area contributed by atoms with Crippen LogP contribution in [0.25, 0.3) is 0 Å². The molecule has 2 aromatic rings. The fraction of sp³-hybridized carbons (Fsp3) is 0.614. The SMILES string of the molecule is COc1c(CN2O[C@@H](CO)[C@@H]([C@H](C)O)[C@H]2C(=O)N[C@H]2C[C@H]3C[C@@H]([C@@H]2C)C3(C)C)cccc1C1C=C(C(=O)N[C@@H](Cc2ccccn2)CN(C)C)C=C(N(C)C)C1. The van der Waals surface area contributed by atoms with Gasteiger partial charge < -0.3 is 35.4 Å². The van der Waals surface area contributed by atoms with Gasteiger partial charge in [-0.15, -0.1) is 0 Å². The van der Waals surface area contributed by atoms with Crippen molar-refractivity contribution in [2.24, 2.45) is 29.1 Å². The summed E-state index contributed by atoms with van der Waals surface area (Å²) in [6, 6.07) is 10.8. The maximum atomic E-state index is 14.3. The molecule has 0 spiro atoms. The molecule has 56 heavy (non-hydrogen) atoms. The smallest absolute Gasteiger partial charge is 0.251 e. The molecule has 1 aromatic carbocycles. The molecule has 3 saturated carbocycles. The lowest BCUT2D eigenvalue weighted by atomic mass is 9.45. The van der Waals surface area contributed by atoms with Gasteiger partial charge in [-0.05, 0) is 81.7 Å². The molecule has 1 unspecified atom stereocenters. The fourth-order valence-electron chi connectivity index (χ4n) is 10.0. The minimum atomic E-state index is -0.897. The van der Waals surface area contributed by atoms with Crippen molar-refractivity contribution >= 4 is 11.8 Å². The normalized spacial score (nSPS) is 29.4. The van der Waals surface area contributed by atoms with E-state index in [9.17, 15) is 19.8 Å². The van der Waals surface area contributed by atoms with Crippen molar-refractivity contribution in [3.63, 3.8) is 0 Å². The van der Waals surface area contributed by atoms with Crippen molar-refractivity contribution in [3.8, 4) is 5.75 Å². The maximum absolute atomic E-state index is 14.3. The zero-order valence-corrected chi connectivity index (χ0v) is 34.7. The number of nitrogens with zero attached hydrogens (tertiary/aromatic N) is 4. The second kappa shape index (κ2) is 17.4. The van der Waals surface area contributed by atoms with E-state index in [4.69, 9.17) is 9.57 Å². The Morgan fingerprint density at radius 3 is 2.50 bits per heavy atom. The summed E-state index contributed by atoms with van der Waals surface area (Å²) in [4.78, 5) is 43.2. The van der Waals surface area contributed by atoms with Crippen molar-refractivity contribution in [3.05, 3.63) is 82.8 Å². The molecule has 4 fully saturated rings. The Kier molecular flexibility index (Phi) is 13.0. The number of hydroxylamine groups is 2. The van der Waals surface area contributed by atoms with E-state index < -0.39 is 24.2 Å². The molecular weight excluding hydrogens is 709 g/mol. The van der Waals surface area contributed by atoms with Crippen LogP contribution in [0, 0.1) is 29.1 Å². The topological polar surface area (TPSA) is 140 Å². The number of likely N-dealkylation sites (N-methyl/N-ethyl adjacent to an activating group) is 1. The summed E-state index contributed by atoms with van der Waals surface area (Å²) in [6.07, 6.45) is 7.49. The van der Waals surface area contributed by atoms with Gasteiger partial charge in [0.1, 0.15) is 17.9 Å². The van der Waals surface area contributed by atoms with E-state index in [0.29, 0.717) is 48.5 Å². The van der Waals surface area contributed by atoms with Crippen molar-refractivity contribution < 1.29 is 29.4 Å². The minimum Gasteiger partial charge on any atom is -0.496 e. The van der Waals surface area contributed by atoms with Gasteiger partial charge >= 0.3 is 0 Å². The number of pyridine rings is 1. The predicted molar refractivity (Wildman–Crippen MR) is 216 cm³/mol. The molecule has 4 aliphatic carbocycles. The summed E-state index contributed by atoms with van der Waals surface area (Å²) in [5.41, 5.74) is 4.48. The van der Waals surface area contributed by atoms with E-state index in [-0.39, 0.29) is 48.4 Å². The van der Waals surface area contributed by atoms with E-state index in [1.165, 1.54) is 6.42 Å². The van der Waals surface area contributed by atoms with E-state index in [1.807, 2.05) is 81.6 Å². The Morgan fingerprint density at radius 2 is 1.89 bits per heavy atom. The number of nitrogens with one attached hydrogen (secondary N) is 2. The molecule has 1 saturated heterocycles. The standard InChI is InChI=1S/C44H64N6O6/c1-26-36-20-31(44(36,3)4)21-37(26)47-43(54)40-39(27(2)52)38(25-51)56-50(40)23-28-13-12-15-35(41(28)55-9)29-17-30(19-34(18-29)49(7)8)42(53)46-33(24-48(5)6)22-32-14-10-11-16-45-32/h10-17,19,26-27,29,31,33,36-40,51-52H,18,20-25H2,1-9H3,(H,46,53)(H,47,54)/t26-,27-,29?,31+,33-,36-,37-,38-,39+,40-/m0/s1. The summed E-state index contributed by atoms with van der Waals surface area (Å²) >= 11 is 0. The van der Waals surface area contributed by atoms with Gasteiger partial charge in [-0.25, -0.2) is 0 Å². The highest BCUT2D eigenvalue weighted by molar-refractivity contribution is 5.97. The largest absolute Gasteiger partial charge is 0.496 e. The van der Waals surface area contributed by atoms with Gasteiger partial charge in [0.15, 0.2) is 0 Å². The molecule has 306 valence electrons. The van der Waals surface area contributed by atoms with E-state index in [1.54, 1.807) is 25.3 Å². The molecule has 1 aromatic heterocycles. The third kappa shape index (κ3) is 8.69. The molecule has 10 atom stereocenters. The van der Waals surface area contributed by atoms with Gasteiger partial charge in [-0.2, -0.15) is 5.06 Å². The van der Waals surface area contributed by atoms with Crippen molar-refractivity contribution in [2.75, 3.05) is 48.5 Å². The third-order valence-corrected chi connectivity index (χ3v) is 13.2. The second-order valence-electron chi connectivity index (χ2n) is 17.7. The highest BCUT2D eigenvalue weighted by atomic mass is 16.7. The summed E-state index contributed by atoms with van der Waals surface area (Å²) in [5.74, 6) is 0.934. The lowest BCUT2D eigenvalue weighted by Crippen LogP contribution is -2.62. The number of hydrogen-bond acceptors (Lipinski definition) is 10. The van der Waals surface area contributed by atoms with Gasteiger partial charge in [0.05, 0.1) is 26.4 Å². The monoisotopic (exact) mass is 772 g/mol. The number of benzene rings is 1. The van der Waals surface area contributed by atoms with Crippen LogP contribution in [-0.4, -0.2) is 121 Å². The zero-order valence-electron chi connectivity index (χ0n) is 34.7. The first-order valence-electron chi connectivity index (χ1n) is 20.3. The average molecular weight is 773 g/mol. The van der Waals surface area contributed by atoms with Gasteiger partial charge in [0, 0.05) is 85.3 Å². The minimum absolute atomic E-state index is 0.0402. The Bertz CT molecular complexity index is 1760. The number of para-hydroxylation sites is 1. The highest BCUT2D eigenvalue weighted by Crippen LogP contribution is 2.61. The molecule has 7 rings (SSSR count). The number of amides is 2. The van der Waals surface area contributed by atoms with E-state index >= 15 is 0 Å². The number of allylic oxidation sites excluding steroid dienone is 2. The van der Waals surface area contributed by atoms with Crippen LogP contribution in [0.4, 0.5) is 0 Å². The van der Waals surface area contributed by atoms with E-state index in [0.717, 1.165) is 28.9 Å². The average Bonchev–Trinajstić information content (AvgIpc) is 3.53. The van der Waals surface area contributed by atoms with Crippen LogP contribution in [0.2, 0.25) is 0 Å². The van der Waals surface area contributed by atoms with Crippen LogP contribution < -0.4 is 15.4 Å². The van der Waals surface area contributed by atoms with Crippen LogP contribution in [0.3, 0.4) is 0 Å². The third-order valence-electron chi connectivity index (χ3n) is 13.2. The molecular formula is C44H64N6O6. The number of carbonyl (C=O) groups excluding carboxylic acids is 2. The molecule has 1 aliphatic heterocycles. The quantitative estimate of drug-likeness (QED) is 0.211. The molecule has 0 radical (unpaired) electrons. The first-order valence-corrected chi connectivity index (χ1v) is 20.3. The summed E-state index contributed by atoms with van der Waals surface area (Å²) in [7, 11) is 9.59. The van der Waals surface area contributed by atoms with Gasteiger partial charge in [0.2, 0.25) is 5.91 Å². The predicted octanol–water partition coefficient (Wildman–Crippen LogP) is 3.90. The number of hydrogen-bond donors (Lipinski definition) is 4. The summed E-state index contributed by atoms with van der Waals surface area (Å²) < 4.78 is 6.14. The molecule has 12 heteroatoms. The van der Waals surface area contributed by atoms with Gasteiger partial charge in [-0.3, -0.25) is 19.4 Å². The Hall–Kier alpha value is -3.81. The lowest BCUT2D eigenvalue weighted by Gasteiger charge is -2.62. The van der Waals surface area contributed by atoms with E-state index in [2.05, 4.69) is 41.3 Å². The van der Waals surface area contributed by atoms with Crippen molar-refractivity contribution in [1.29, 1.82) is 0 Å². The second-order valence-corrected chi connectivity index (χ2v) is 17.7. The number of rotatable bonds is 15. The summed E-state index contributed by atoms with van der Waals surface area (Å²) in [5, 5.41) is 29.6. The molecule has 5 aliphatic rings. The first kappa shape index (κ1) is 41.8. The molecule has 12 nitrogen and oxygen atoms in total. The van der Waals surface area contributed by atoms with Crippen LogP contribution in [0.1, 0.15) is 69.7 Å². The van der Waals surface area contributed by atoms with Crippen LogP contribution in [0.15, 0.2) is 66.0 Å². The molecule has 2 heterocycles. The van der Waals surface area contributed by atoms with Crippen LogP contribution in [-0.2, 0) is 27.4 Å². The van der Waals surface area contributed by atoms with Crippen molar-refractivity contribution in [1.82, 2.24) is 30.5 Å². The van der Waals surface area contributed by atoms with Crippen LogP contribution >= 0.6 is 0 Å². The fourth-order valence-corrected chi connectivity index (χ4v) is 10.0. The molecule has 2 amide bonds. The van der Waals surface area contributed by atoms with Gasteiger partial charge in [-0.1, -0.05) is 51.1 Å². The Labute approximate surface area is 333 Å². The number of ether oxygens (including phenoxy) is 1.